The summed E-state index contributed by atoms with van der Waals surface area (Å²) in [5.74, 6) is 0.253. The number of H-pyrrole nitrogens is 2. The molecule has 1 amide bonds. The highest BCUT2D eigenvalue weighted by Gasteiger charge is 2.22. The highest BCUT2D eigenvalue weighted by Crippen LogP contribution is 2.24. The molecule has 8 nitrogen and oxygen atoms in total. The van der Waals surface area contributed by atoms with E-state index in [2.05, 4.69) is 25.4 Å². The van der Waals surface area contributed by atoms with E-state index in [4.69, 9.17) is 0 Å². The Bertz CT molecular complexity index is 1250. The van der Waals surface area contributed by atoms with Crippen molar-refractivity contribution in [1.29, 1.82) is 0 Å². The molecule has 3 N–H and O–H groups in total. The van der Waals surface area contributed by atoms with E-state index in [9.17, 15) is 9.59 Å². The number of rotatable bonds is 5. The van der Waals surface area contributed by atoms with Gasteiger partial charge in [-0.2, -0.15) is 5.10 Å². The minimum Gasteiger partial charge on any atom is -0.361 e. The number of carbonyl (C=O) groups excluding carboxylic acids is 1. The van der Waals surface area contributed by atoms with Crippen LogP contribution >= 0.6 is 0 Å². The van der Waals surface area contributed by atoms with E-state index in [0.717, 1.165) is 22.2 Å². The Morgan fingerprint density at radius 3 is 2.79 bits per heavy atom. The molecule has 0 fully saturated rings. The molecule has 4 aromatic rings. The summed E-state index contributed by atoms with van der Waals surface area (Å²) in [4.78, 5) is 35.3. The van der Waals surface area contributed by atoms with Gasteiger partial charge in [0.25, 0.3) is 11.5 Å². The zero-order valence-corrected chi connectivity index (χ0v) is 16.5. The van der Waals surface area contributed by atoms with Gasteiger partial charge in [0.15, 0.2) is 0 Å². The van der Waals surface area contributed by atoms with Crippen LogP contribution in [0.25, 0.3) is 10.9 Å². The van der Waals surface area contributed by atoms with Crippen LogP contribution in [0.5, 0.6) is 0 Å². The van der Waals surface area contributed by atoms with Crippen LogP contribution in [0.1, 0.15) is 39.2 Å². The number of amides is 1. The molecule has 0 saturated heterocycles. The molecule has 0 saturated carbocycles. The average Bonchev–Trinajstić information content (AvgIpc) is 3.24. The first-order valence-electron chi connectivity index (χ1n) is 9.34. The highest BCUT2D eigenvalue weighted by molar-refractivity contribution is 5.95. The van der Waals surface area contributed by atoms with Gasteiger partial charge in [-0.15, -0.1) is 0 Å². The first-order valence-corrected chi connectivity index (χ1v) is 9.34. The molecule has 0 spiro atoms. The molecule has 29 heavy (non-hydrogen) atoms. The predicted molar refractivity (Wildman–Crippen MR) is 110 cm³/mol. The topological polar surface area (TPSA) is 108 Å². The molecule has 0 aliphatic rings. The van der Waals surface area contributed by atoms with Gasteiger partial charge in [-0.1, -0.05) is 18.2 Å². The summed E-state index contributed by atoms with van der Waals surface area (Å²) in [6.07, 6.45) is 3.97. The summed E-state index contributed by atoms with van der Waals surface area (Å²) >= 11 is 0. The second-order valence-electron chi connectivity index (χ2n) is 7.11. The molecule has 1 aromatic carbocycles. The number of nitrogens with one attached hydrogen (secondary N) is 3. The van der Waals surface area contributed by atoms with E-state index in [1.54, 1.807) is 24.9 Å². The maximum Gasteiger partial charge on any atom is 0.255 e. The van der Waals surface area contributed by atoms with Gasteiger partial charge in [0, 0.05) is 42.3 Å². The molecule has 4 rings (SSSR count). The van der Waals surface area contributed by atoms with Crippen LogP contribution in [0.4, 0.5) is 0 Å². The van der Waals surface area contributed by atoms with Gasteiger partial charge >= 0.3 is 0 Å². The monoisotopic (exact) mass is 390 g/mol. The fraction of sp³-hybridized carbons (Fsp3) is 0.238. The zero-order chi connectivity index (χ0) is 20.5. The molecule has 0 aliphatic heterocycles. The molecule has 3 aromatic heterocycles. The first kappa shape index (κ1) is 18.7. The molecule has 0 bridgehead atoms. The Hall–Kier alpha value is -3.68. The van der Waals surface area contributed by atoms with E-state index in [0.29, 0.717) is 23.5 Å². The maximum atomic E-state index is 12.9. The Balaban J connectivity index is 1.71. The minimum atomic E-state index is -0.470. The van der Waals surface area contributed by atoms with Crippen LogP contribution < -0.4 is 10.9 Å². The lowest BCUT2D eigenvalue weighted by molar-refractivity contribution is 0.0935. The van der Waals surface area contributed by atoms with Crippen molar-refractivity contribution in [2.45, 2.75) is 26.3 Å². The Labute approximate surface area is 167 Å². The van der Waals surface area contributed by atoms with E-state index >= 15 is 0 Å². The number of fused-ring (bicyclic) bond motifs is 1. The number of aromatic nitrogens is 5. The third-order valence-corrected chi connectivity index (χ3v) is 5.12. The normalized spacial score (nSPS) is 12.2. The molecule has 0 aliphatic carbocycles. The second-order valence-corrected chi connectivity index (χ2v) is 7.11. The van der Waals surface area contributed by atoms with Crippen molar-refractivity contribution >= 4 is 16.8 Å². The summed E-state index contributed by atoms with van der Waals surface area (Å²) in [6, 6.07) is 8.93. The average molecular weight is 390 g/mol. The quantitative estimate of drug-likeness (QED) is 0.486. The lowest BCUT2D eigenvalue weighted by Crippen LogP contribution is -2.32. The van der Waals surface area contributed by atoms with E-state index in [1.807, 2.05) is 37.4 Å². The number of aromatic amines is 2. The molecule has 0 unspecified atom stereocenters. The van der Waals surface area contributed by atoms with Gasteiger partial charge in [0.2, 0.25) is 0 Å². The SMILES string of the molecule is Cc1nc([C@@H](Cc2c[nH]c3ccccc23)NC(=O)c2cnn(C)c2C)cc(=O)[nH]1. The van der Waals surface area contributed by atoms with Crippen LogP contribution in [0.15, 0.2) is 47.5 Å². The van der Waals surface area contributed by atoms with Gasteiger partial charge in [-0.05, 0) is 25.5 Å². The van der Waals surface area contributed by atoms with Crippen molar-refractivity contribution in [3.63, 3.8) is 0 Å². The van der Waals surface area contributed by atoms with Gasteiger partial charge in [-0.25, -0.2) is 4.98 Å². The Morgan fingerprint density at radius 2 is 2.07 bits per heavy atom. The van der Waals surface area contributed by atoms with Crippen LogP contribution in [-0.2, 0) is 13.5 Å². The number of hydrogen-bond donors (Lipinski definition) is 3. The summed E-state index contributed by atoms with van der Waals surface area (Å²) in [7, 11) is 1.79. The van der Waals surface area contributed by atoms with E-state index in [-0.39, 0.29) is 11.5 Å². The van der Waals surface area contributed by atoms with Crippen molar-refractivity contribution in [2.24, 2.45) is 7.05 Å². The standard InChI is InChI=1S/C21H22N6O2/c1-12-16(11-23-27(12)3)21(29)26-18(19-9-20(28)25-13(2)24-19)8-14-10-22-17-7-5-4-6-15(14)17/h4-7,9-11,18,22H,8H2,1-3H3,(H,26,29)(H,24,25,28)/t18-/m1/s1. The molecule has 3 heterocycles. The summed E-state index contributed by atoms with van der Waals surface area (Å²) in [6.45, 7) is 3.56. The van der Waals surface area contributed by atoms with Crippen molar-refractivity contribution in [3.05, 3.63) is 81.4 Å². The number of para-hydroxylation sites is 1. The minimum absolute atomic E-state index is 0.247. The fourth-order valence-corrected chi connectivity index (χ4v) is 3.49. The summed E-state index contributed by atoms with van der Waals surface area (Å²) < 4.78 is 1.65. The first-order chi connectivity index (χ1) is 13.9. The molecular weight excluding hydrogens is 368 g/mol. The Morgan fingerprint density at radius 1 is 1.28 bits per heavy atom. The van der Waals surface area contributed by atoms with Crippen molar-refractivity contribution in [2.75, 3.05) is 0 Å². The summed E-state index contributed by atoms with van der Waals surface area (Å²) in [5, 5.41) is 8.26. The fourth-order valence-electron chi connectivity index (χ4n) is 3.49. The Kier molecular flexibility index (Phi) is 4.75. The summed E-state index contributed by atoms with van der Waals surface area (Å²) in [5.41, 5.74) is 3.59. The smallest absolute Gasteiger partial charge is 0.255 e. The van der Waals surface area contributed by atoms with Gasteiger partial charge in [0.05, 0.1) is 23.5 Å². The largest absolute Gasteiger partial charge is 0.361 e. The van der Waals surface area contributed by atoms with E-state index in [1.165, 1.54) is 6.07 Å². The van der Waals surface area contributed by atoms with Crippen LogP contribution in [-0.4, -0.2) is 30.6 Å². The van der Waals surface area contributed by atoms with Crippen LogP contribution in [0.2, 0.25) is 0 Å². The lowest BCUT2D eigenvalue weighted by atomic mass is 10.0. The maximum absolute atomic E-state index is 12.9. The molecule has 148 valence electrons. The zero-order valence-electron chi connectivity index (χ0n) is 16.5. The third kappa shape index (κ3) is 3.69. The highest BCUT2D eigenvalue weighted by atomic mass is 16.2. The number of benzene rings is 1. The van der Waals surface area contributed by atoms with E-state index < -0.39 is 6.04 Å². The van der Waals surface area contributed by atoms with Gasteiger partial charge in [0.1, 0.15) is 5.82 Å². The van der Waals surface area contributed by atoms with Crippen molar-refractivity contribution in [3.8, 4) is 0 Å². The predicted octanol–water partition coefficient (Wildman–Crippen LogP) is 2.32. The van der Waals surface area contributed by atoms with Crippen molar-refractivity contribution < 1.29 is 4.79 Å². The van der Waals surface area contributed by atoms with Gasteiger partial charge in [-0.3, -0.25) is 14.3 Å². The molecular formula is C21H22N6O2. The molecule has 8 heteroatoms. The van der Waals surface area contributed by atoms with Crippen molar-refractivity contribution in [1.82, 2.24) is 30.0 Å². The van der Waals surface area contributed by atoms with Gasteiger partial charge < -0.3 is 15.3 Å². The molecule has 1 atom stereocenters. The number of hydrogen-bond acceptors (Lipinski definition) is 4. The third-order valence-electron chi connectivity index (χ3n) is 5.12. The van der Waals surface area contributed by atoms with Crippen LogP contribution in [0.3, 0.4) is 0 Å². The number of nitrogens with zero attached hydrogens (tertiary/aromatic N) is 3. The second kappa shape index (κ2) is 7.38. The van der Waals surface area contributed by atoms with Crippen LogP contribution in [0, 0.1) is 13.8 Å². The molecule has 0 radical (unpaired) electrons. The lowest BCUT2D eigenvalue weighted by Gasteiger charge is -2.18. The number of carbonyl (C=O) groups is 1. The number of aryl methyl sites for hydroxylation is 2.